The minimum absolute atomic E-state index is 0.197. The number of para-hydroxylation sites is 1. The molecular formula is C30H29N7O. The summed E-state index contributed by atoms with van der Waals surface area (Å²) in [6, 6.07) is 16.5. The number of pyridine rings is 1. The summed E-state index contributed by atoms with van der Waals surface area (Å²) >= 11 is 0. The molecule has 1 aliphatic rings. The van der Waals surface area contributed by atoms with Crippen molar-refractivity contribution in [2.75, 3.05) is 12.4 Å². The number of fused-ring (bicyclic) bond motifs is 3. The van der Waals surface area contributed by atoms with Gasteiger partial charge in [-0.2, -0.15) is 9.78 Å². The van der Waals surface area contributed by atoms with Gasteiger partial charge >= 0.3 is 0 Å². The maximum atomic E-state index is 9.58. The van der Waals surface area contributed by atoms with Gasteiger partial charge in [-0.25, -0.2) is 9.97 Å². The second-order valence-corrected chi connectivity index (χ2v) is 10.2. The summed E-state index contributed by atoms with van der Waals surface area (Å²) in [5.74, 6) is 2.54. The van der Waals surface area contributed by atoms with Crippen LogP contribution in [0.15, 0.2) is 48.7 Å². The second-order valence-electron chi connectivity index (χ2n) is 10.2. The van der Waals surface area contributed by atoms with Gasteiger partial charge in [0.25, 0.3) is 0 Å². The predicted octanol–water partition coefficient (Wildman–Crippen LogP) is 5.75. The van der Waals surface area contributed by atoms with E-state index >= 15 is 0 Å². The molecule has 0 spiro atoms. The van der Waals surface area contributed by atoms with Crippen LogP contribution in [0.5, 0.6) is 5.75 Å². The average Bonchev–Trinajstić information content (AvgIpc) is 3.34. The second kappa shape index (κ2) is 9.42. The van der Waals surface area contributed by atoms with Crippen molar-refractivity contribution in [3.05, 3.63) is 88.0 Å². The Morgan fingerprint density at radius 3 is 2.66 bits per heavy atom. The van der Waals surface area contributed by atoms with E-state index in [1.165, 1.54) is 16.7 Å². The van der Waals surface area contributed by atoms with Crippen LogP contribution in [0.2, 0.25) is 0 Å². The number of methoxy groups -OCH3 is 1. The molecule has 3 aromatic heterocycles. The van der Waals surface area contributed by atoms with Crippen LogP contribution in [0, 0.1) is 32.1 Å². The van der Waals surface area contributed by atoms with E-state index in [1.54, 1.807) is 7.11 Å². The van der Waals surface area contributed by atoms with Gasteiger partial charge in [-0.05, 0) is 74.1 Å². The number of anilines is 1. The van der Waals surface area contributed by atoms with Crippen molar-refractivity contribution >= 4 is 22.5 Å². The number of nitrogens with one attached hydrogen (secondary N) is 1. The number of aryl methyl sites for hydroxylation is 3. The van der Waals surface area contributed by atoms with Crippen molar-refractivity contribution in [2.24, 2.45) is 0 Å². The molecule has 6 rings (SSSR count). The molecule has 1 N–H and O–H groups in total. The molecule has 5 aromatic rings. The highest BCUT2D eigenvalue weighted by Gasteiger charge is 2.36. The van der Waals surface area contributed by atoms with Crippen LogP contribution >= 0.6 is 0 Å². The standard InChI is InChI=1S/C30H29N7O/c1-17-10-23(14-31)26(32-15-17)21-12-22(13-21)28-35-29-24-6-5-7-25(38-4)27(24)34-30(37(29)36-28)33-16-20-9-8-18(2)19(3)11-20/h5-11,15,21-22H,12-13,16H2,1-4H3,(H,33,34). The summed E-state index contributed by atoms with van der Waals surface area (Å²) in [6.45, 7) is 6.81. The van der Waals surface area contributed by atoms with Crippen molar-refractivity contribution in [1.82, 2.24) is 24.6 Å². The zero-order valence-corrected chi connectivity index (χ0v) is 22.0. The molecule has 8 heteroatoms. The number of rotatable bonds is 6. The number of ether oxygens (including phenoxy) is 1. The predicted molar refractivity (Wildman–Crippen MR) is 146 cm³/mol. The largest absolute Gasteiger partial charge is 0.494 e. The average molecular weight is 504 g/mol. The van der Waals surface area contributed by atoms with Crippen molar-refractivity contribution in [3.8, 4) is 11.8 Å². The number of benzene rings is 2. The molecule has 0 saturated heterocycles. The van der Waals surface area contributed by atoms with Crippen LogP contribution in [0.1, 0.15) is 64.0 Å². The van der Waals surface area contributed by atoms with E-state index in [-0.39, 0.29) is 11.8 Å². The monoisotopic (exact) mass is 503 g/mol. The lowest BCUT2D eigenvalue weighted by Gasteiger charge is -2.33. The Balaban J connectivity index is 1.35. The molecule has 8 nitrogen and oxygen atoms in total. The summed E-state index contributed by atoms with van der Waals surface area (Å²) < 4.78 is 7.44. The van der Waals surface area contributed by atoms with Crippen LogP contribution in [-0.2, 0) is 6.54 Å². The SMILES string of the molecule is COc1cccc2c1nc(NCc1ccc(C)c(C)c1)n1nc(C3CC(c4ncc(C)cc4C#N)C3)nc21. The highest BCUT2D eigenvalue weighted by atomic mass is 16.5. The van der Waals surface area contributed by atoms with Crippen LogP contribution < -0.4 is 10.1 Å². The first kappa shape index (κ1) is 23.9. The van der Waals surface area contributed by atoms with Crippen LogP contribution in [-0.4, -0.2) is 31.7 Å². The molecule has 0 atom stereocenters. The third-order valence-corrected chi connectivity index (χ3v) is 7.59. The Hall–Kier alpha value is -4.51. The smallest absolute Gasteiger partial charge is 0.226 e. The fraction of sp³-hybridized carbons (Fsp3) is 0.300. The van der Waals surface area contributed by atoms with Gasteiger partial charge in [0.1, 0.15) is 17.3 Å². The Morgan fingerprint density at radius 1 is 1.05 bits per heavy atom. The van der Waals surface area contributed by atoms with Gasteiger partial charge in [-0.15, -0.1) is 5.10 Å². The van der Waals surface area contributed by atoms with E-state index in [0.717, 1.165) is 46.5 Å². The van der Waals surface area contributed by atoms with Gasteiger partial charge < -0.3 is 10.1 Å². The fourth-order valence-electron chi connectivity index (χ4n) is 5.21. The summed E-state index contributed by atoms with van der Waals surface area (Å²) in [5.41, 5.74) is 7.74. The van der Waals surface area contributed by atoms with Crippen molar-refractivity contribution in [3.63, 3.8) is 0 Å². The molecule has 1 aliphatic carbocycles. The number of nitriles is 1. The molecule has 1 saturated carbocycles. The van der Waals surface area contributed by atoms with Gasteiger partial charge in [-0.3, -0.25) is 4.98 Å². The fourth-order valence-corrected chi connectivity index (χ4v) is 5.21. The molecule has 1 fully saturated rings. The topological polar surface area (TPSA) is 101 Å². The van der Waals surface area contributed by atoms with Gasteiger partial charge in [0.2, 0.25) is 5.95 Å². The van der Waals surface area contributed by atoms with Gasteiger partial charge in [-0.1, -0.05) is 24.3 Å². The van der Waals surface area contributed by atoms with Gasteiger partial charge in [0.15, 0.2) is 11.5 Å². The number of hydrogen-bond donors (Lipinski definition) is 1. The van der Waals surface area contributed by atoms with E-state index in [0.29, 0.717) is 23.8 Å². The molecule has 2 aromatic carbocycles. The lowest BCUT2D eigenvalue weighted by Crippen LogP contribution is -2.23. The highest BCUT2D eigenvalue weighted by molar-refractivity contribution is 5.96. The lowest BCUT2D eigenvalue weighted by molar-refractivity contribution is 0.331. The van der Waals surface area contributed by atoms with E-state index in [9.17, 15) is 5.26 Å². The Kier molecular flexibility index (Phi) is 5.91. The molecule has 38 heavy (non-hydrogen) atoms. The summed E-state index contributed by atoms with van der Waals surface area (Å²) in [5, 5.41) is 18.9. The molecule has 0 amide bonds. The maximum Gasteiger partial charge on any atom is 0.226 e. The van der Waals surface area contributed by atoms with Crippen molar-refractivity contribution in [2.45, 2.75) is 52.0 Å². The zero-order chi connectivity index (χ0) is 26.4. The van der Waals surface area contributed by atoms with Gasteiger partial charge in [0, 0.05) is 30.0 Å². The first-order valence-electron chi connectivity index (χ1n) is 12.8. The highest BCUT2D eigenvalue weighted by Crippen LogP contribution is 2.47. The summed E-state index contributed by atoms with van der Waals surface area (Å²) in [4.78, 5) is 14.5. The molecule has 190 valence electrons. The molecule has 0 bridgehead atoms. The Morgan fingerprint density at radius 2 is 1.89 bits per heavy atom. The quantitative estimate of drug-likeness (QED) is 0.315. The van der Waals surface area contributed by atoms with Crippen LogP contribution in [0.3, 0.4) is 0 Å². The van der Waals surface area contributed by atoms with E-state index in [1.807, 2.05) is 41.9 Å². The number of nitrogens with zero attached hydrogens (tertiary/aromatic N) is 6. The minimum Gasteiger partial charge on any atom is -0.494 e. The van der Waals surface area contributed by atoms with Crippen LogP contribution in [0.25, 0.3) is 16.6 Å². The zero-order valence-electron chi connectivity index (χ0n) is 22.0. The molecule has 0 unspecified atom stereocenters. The number of aromatic nitrogens is 5. The van der Waals surface area contributed by atoms with Crippen LogP contribution in [0.4, 0.5) is 5.95 Å². The van der Waals surface area contributed by atoms with E-state index in [4.69, 9.17) is 19.8 Å². The van der Waals surface area contributed by atoms with E-state index in [2.05, 4.69) is 48.4 Å². The normalized spacial score (nSPS) is 16.8. The maximum absolute atomic E-state index is 9.58. The van der Waals surface area contributed by atoms with Crippen molar-refractivity contribution < 1.29 is 4.74 Å². The summed E-state index contributed by atoms with van der Waals surface area (Å²) in [7, 11) is 1.65. The van der Waals surface area contributed by atoms with Crippen molar-refractivity contribution in [1.29, 1.82) is 5.26 Å². The molecule has 3 heterocycles. The third-order valence-electron chi connectivity index (χ3n) is 7.59. The minimum atomic E-state index is 0.197. The molecule has 0 aliphatic heterocycles. The Labute approximate surface area is 221 Å². The molecular weight excluding hydrogens is 474 g/mol. The van der Waals surface area contributed by atoms with E-state index < -0.39 is 0 Å². The Bertz CT molecular complexity index is 1730. The first-order chi connectivity index (χ1) is 18.4. The molecule has 0 radical (unpaired) electrons. The third kappa shape index (κ3) is 4.10. The number of hydrogen-bond acceptors (Lipinski definition) is 7. The summed E-state index contributed by atoms with van der Waals surface area (Å²) in [6.07, 6.45) is 3.56. The lowest BCUT2D eigenvalue weighted by atomic mass is 9.72. The van der Waals surface area contributed by atoms with Gasteiger partial charge in [0.05, 0.1) is 18.4 Å². The first-order valence-corrected chi connectivity index (χ1v) is 12.8.